The summed E-state index contributed by atoms with van der Waals surface area (Å²) >= 11 is 0. The summed E-state index contributed by atoms with van der Waals surface area (Å²) in [5.74, 6) is -0.0915. The number of benzene rings is 1. The molecule has 1 heterocycles. The molecule has 29 heavy (non-hydrogen) atoms. The van der Waals surface area contributed by atoms with E-state index in [0.717, 1.165) is 32.7 Å². The Kier molecular flexibility index (Phi) is 7.40. The molecule has 0 atom stereocenters. The molecule has 0 bridgehead atoms. The van der Waals surface area contributed by atoms with E-state index in [0.29, 0.717) is 24.1 Å². The third-order valence-corrected chi connectivity index (χ3v) is 4.83. The van der Waals surface area contributed by atoms with Gasteiger partial charge in [0.25, 0.3) is 5.91 Å². The first-order chi connectivity index (χ1) is 14.2. The van der Waals surface area contributed by atoms with E-state index in [4.69, 9.17) is 0 Å². The minimum absolute atomic E-state index is 0.0798. The van der Waals surface area contributed by atoms with Gasteiger partial charge in [0.15, 0.2) is 0 Å². The average Bonchev–Trinajstić information content (AvgIpc) is 2.73. The lowest BCUT2D eigenvalue weighted by Crippen LogP contribution is -2.48. The maximum atomic E-state index is 12.2. The molecule has 2 N–H and O–H groups in total. The number of hydrazone groups is 1. The quantitative estimate of drug-likeness (QED) is 0.411. The van der Waals surface area contributed by atoms with Crippen molar-refractivity contribution < 1.29 is 9.90 Å². The molecule has 0 saturated carbocycles. The van der Waals surface area contributed by atoms with Crippen LogP contribution < -0.4 is 5.43 Å². The molecule has 0 aromatic heterocycles. The number of carbonyl (C=O) groups is 1. The molecule has 1 saturated heterocycles. The van der Waals surface area contributed by atoms with Gasteiger partial charge in [-0.2, -0.15) is 5.10 Å². The van der Waals surface area contributed by atoms with E-state index < -0.39 is 0 Å². The second-order valence-corrected chi connectivity index (χ2v) is 7.02. The molecular formula is C23H26N4O2. The molecule has 0 radical (unpaired) electrons. The number of hydrogen-bond donors (Lipinski definition) is 2. The number of aromatic hydroxyl groups is 1. The fraction of sp³-hybridized carbons (Fsp3) is 0.304. The van der Waals surface area contributed by atoms with E-state index in [2.05, 4.69) is 63.3 Å². The Morgan fingerprint density at radius 1 is 1.21 bits per heavy atom. The number of hydrogen-bond acceptors (Lipinski definition) is 5. The van der Waals surface area contributed by atoms with Gasteiger partial charge in [-0.15, -0.1) is 6.58 Å². The van der Waals surface area contributed by atoms with Gasteiger partial charge in [-0.1, -0.05) is 48.5 Å². The van der Waals surface area contributed by atoms with E-state index in [1.54, 1.807) is 12.1 Å². The van der Waals surface area contributed by atoms with Crippen molar-refractivity contribution in [1.29, 1.82) is 0 Å². The van der Waals surface area contributed by atoms with Crippen LogP contribution in [0.15, 0.2) is 54.2 Å². The zero-order chi connectivity index (χ0) is 20.5. The third kappa shape index (κ3) is 6.18. The van der Waals surface area contributed by atoms with Crippen LogP contribution in [0, 0.1) is 12.1 Å². The van der Waals surface area contributed by atoms with Crippen molar-refractivity contribution in [2.45, 2.75) is 13.0 Å². The summed E-state index contributed by atoms with van der Waals surface area (Å²) in [4.78, 5) is 16.7. The lowest BCUT2D eigenvalue weighted by atomic mass is 10.1. The smallest absolute Gasteiger partial charge is 0.254 e. The lowest BCUT2D eigenvalue weighted by molar-refractivity contribution is -0.122. The van der Waals surface area contributed by atoms with Crippen LogP contribution in [0.25, 0.3) is 0 Å². The van der Waals surface area contributed by atoms with Crippen molar-refractivity contribution >= 4 is 12.1 Å². The monoisotopic (exact) mass is 390 g/mol. The number of rotatable bonds is 8. The Labute approximate surface area is 172 Å². The standard InChI is InChI=1S/C23H26N4O2/c1-2-7-20-10-6-11-21(23(20)29)16-24-25-22(28)18-27-14-12-26(13-15-27)17-19-8-4-3-5-9-19/h2-5,8-9,11,16,29H,1,7,12-15,17-18H2,(H,25,28)/b24-16+. The first-order valence-corrected chi connectivity index (χ1v) is 9.71. The van der Waals surface area contributed by atoms with E-state index in [-0.39, 0.29) is 11.7 Å². The van der Waals surface area contributed by atoms with Crippen molar-refractivity contribution in [3.63, 3.8) is 0 Å². The second kappa shape index (κ2) is 10.4. The summed E-state index contributed by atoms with van der Waals surface area (Å²) in [6, 6.07) is 17.7. The second-order valence-electron chi connectivity index (χ2n) is 7.02. The molecule has 6 heteroatoms. The zero-order valence-corrected chi connectivity index (χ0v) is 16.5. The topological polar surface area (TPSA) is 68.2 Å². The van der Waals surface area contributed by atoms with Crippen molar-refractivity contribution in [2.24, 2.45) is 5.10 Å². The van der Waals surface area contributed by atoms with Crippen molar-refractivity contribution in [1.82, 2.24) is 15.2 Å². The molecular weight excluding hydrogens is 364 g/mol. The number of nitrogens with one attached hydrogen (secondary N) is 1. The minimum Gasteiger partial charge on any atom is -0.506 e. The summed E-state index contributed by atoms with van der Waals surface area (Å²) in [5.41, 5.74) is 4.92. The largest absolute Gasteiger partial charge is 0.506 e. The SMILES string of the molecule is C=CCc1c#ccc(/C=N/NC(=O)CN2CCN(Cc3ccccc3)CC2)c1O. The van der Waals surface area contributed by atoms with Crippen LogP contribution in [0.1, 0.15) is 16.7 Å². The molecule has 150 valence electrons. The van der Waals surface area contributed by atoms with Crippen molar-refractivity contribution in [2.75, 3.05) is 32.7 Å². The van der Waals surface area contributed by atoms with Gasteiger partial charge in [-0.05, 0) is 5.56 Å². The van der Waals surface area contributed by atoms with Crippen LogP contribution in [-0.2, 0) is 17.8 Å². The van der Waals surface area contributed by atoms with Crippen LogP contribution in [0.3, 0.4) is 0 Å². The van der Waals surface area contributed by atoms with Crippen molar-refractivity contribution in [3.05, 3.63) is 77.9 Å². The highest BCUT2D eigenvalue weighted by Crippen LogP contribution is 2.19. The number of carbonyl (C=O) groups excluding carboxylic acids is 1. The Morgan fingerprint density at radius 3 is 2.66 bits per heavy atom. The number of piperazine rings is 1. The first-order valence-electron chi connectivity index (χ1n) is 9.71. The summed E-state index contributed by atoms with van der Waals surface area (Å²) in [6.45, 7) is 8.45. The van der Waals surface area contributed by atoms with Gasteiger partial charge in [0, 0.05) is 56.3 Å². The highest BCUT2D eigenvalue weighted by molar-refractivity contribution is 5.85. The van der Waals surface area contributed by atoms with Crippen LogP contribution in [0.2, 0.25) is 0 Å². The van der Waals surface area contributed by atoms with Gasteiger partial charge in [-0.25, -0.2) is 5.43 Å². The van der Waals surface area contributed by atoms with Crippen LogP contribution in [0.5, 0.6) is 5.75 Å². The third-order valence-electron chi connectivity index (χ3n) is 4.83. The maximum Gasteiger partial charge on any atom is 0.254 e. The average molecular weight is 390 g/mol. The molecule has 1 aliphatic rings. The highest BCUT2D eigenvalue weighted by atomic mass is 16.3. The maximum absolute atomic E-state index is 12.2. The molecule has 0 spiro atoms. The molecule has 1 aliphatic heterocycles. The van der Waals surface area contributed by atoms with Gasteiger partial charge in [0.1, 0.15) is 5.75 Å². The van der Waals surface area contributed by atoms with E-state index in [9.17, 15) is 9.90 Å². The van der Waals surface area contributed by atoms with Gasteiger partial charge >= 0.3 is 0 Å². The minimum atomic E-state index is -0.171. The summed E-state index contributed by atoms with van der Waals surface area (Å²) in [5, 5.41) is 14.1. The molecule has 3 rings (SSSR count). The Balaban J connectivity index is 1.42. The fourth-order valence-corrected chi connectivity index (χ4v) is 3.25. The Hall–Kier alpha value is -3.14. The predicted molar refractivity (Wildman–Crippen MR) is 114 cm³/mol. The molecule has 1 fully saturated rings. The summed E-state index contributed by atoms with van der Waals surface area (Å²) < 4.78 is 0. The number of allylic oxidation sites excluding steroid dienone is 1. The van der Waals surface area contributed by atoms with Crippen LogP contribution in [0.4, 0.5) is 0 Å². The van der Waals surface area contributed by atoms with Gasteiger partial charge < -0.3 is 5.11 Å². The van der Waals surface area contributed by atoms with Gasteiger partial charge in [0.05, 0.1) is 12.8 Å². The molecule has 6 nitrogen and oxygen atoms in total. The first kappa shape index (κ1) is 20.6. The van der Waals surface area contributed by atoms with E-state index >= 15 is 0 Å². The lowest BCUT2D eigenvalue weighted by Gasteiger charge is -2.34. The molecule has 0 unspecified atom stereocenters. The molecule has 0 aliphatic carbocycles. The van der Waals surface area contributed by atoms with Crippen LogP contribution >= 0.6 is 0 Å². The van der Waals surface area contributed by atoms with Gasteiger partial charge in [-0.3, -0.25) is 14.6 Å². The molecule has 1 amide bonds. The number of nitrogens with zero attached hydrogens (tertiary/aromatic N) is 3. The fourth-order valence-electron chi connectivity index (χ4n) is 3.25. The normalized spacial score (nSPS) is 15.2. The van der Waals surface area contributed by atoms with Gasteiger partial charge in [0.2, 0.25) is 0 Å². The molecule has 2 aromatic rings. The molecule has 2 aromatic carbocycles. The van der Waals surface area contributed by atoms with Crippen LogP contribution in [-0.4, -0.2) is 59.8 Å². The summed E-state index contributed by atoms with van der Waals surface area (Å²) in [7, 11) is 0. The Morgan fingerprint density at radius 2 is 1.93 bits per heavy atom. The highest BCUT2D eigenvalue weighted by Gasteiger charge is 2.18. The Bertz CT molecular complexity index is 843. The predicted octanol–water partition coefficient (Wildman–Crippen LogP) is 1.99. The van der Waals surface area contributed by atoms with Crippen molar-refractivity contribution in [3.8, 4) is 5.75 Å². The number of amides is 1. The summed E-state index contributed by atoms with van der Waals surface area (Å²) in [6.07, 6.45) is 3.59. The van der Waals surface area contributed by atoms with E-state index in [1.165, 1.54) is 11.8 Å². The van der Waals surface area contributed by atoms with E-state index in [1.807, 2.05) is 6.07 Å². The zero-order valence-electron chi connectivity index (χ0n) is 16.5.